The molecule has 2 N–H and O–H groups in total. The lowest BCUT2D eigenvalue weighted by Gasteiger charge is -2.09. The third-order valence-corrected chi connectivity index (χ3v) is 2.40. The Morgan fingerprint density at radius 3 is 2.79 bits per heavy atom. The SMILES string of the molecule is O=C(O)c1cncc(Oc2ccccc2CCO)n1. The number of ether oxygens (including phenoxy) is 1. The predicted molar refractivity (Wildman–Crippen MR) is 66.3 cm³/mol. The zero-order valence-corrected chi connectivity index (χ0v) is 9.98. The van der Waals surface area contributed by atoms with Crippen LogP contribution in [0.4, 0.5) is 0 Å². The number of aromatic nitrogens is 2. The van der Waals surface area contributed by atoms with E-state index in [1.54, 1.807) is 12.1 Å². The molecular weight excluding hydrogens is 248 g/mol. The number of aliphatic hydroxyl groups excluding tert-OH is 1. The number of carboxylic acids is 1. The highest BCUT2D eigenvalue weighted by Crippen LogP contribution is 2.23. The molecule has 0 amide bonds. The van der Waals surface area contributed by atoms with Crippen molar-refractivity contribution in [1.82, 2.24) is 9.97 Å². The first-order chi connectivity index (χ1) is 9.20. The number of carboxylic acid groups (broad SMARTS) is 1. The second-order valence-corrected chi connectivity index (χ2v) is 3.73. The van der Waals surface area contributed by atoms with Crippen LogP contribution in [0.2, 0.25) is 0 Å². The molecule has 2 rings (SSSR count). The summed E-state index contributed by atoms with van der Waals surface area (Å²) in [5, 5.41) is 17.8. The molecule has 0 aliphatic heterocycles. The molecule has 19 heavy (non-hydrogen) atoms. The van der Waals surface area contributed by atoms with Gasteiger partial charge in [0.15, 0.2) is 5.69 Å². The van der Waals surface area contributed by atoms with Gasteiger partial charge in [0, 0.05) is 6.61 Å². The van der Waals surface area contributed by atoms with Crippen molar-refractivity contribution in [3.63, 3.8) is 0 Å². The number of nitrogens with zero attached hydrogens (tertiary/aromatic N) is 2. The molecule has 0 atom stereocenters. The van der Waals surface area contributed by atoms with Gasteiger partial charge in [-0.2, -0.15) is 0 Å². The molecule has 2 aromatic rings. The van der Waals surface area contributed by atoms with E-state index in [-0.39, 0.29) is 18.2 Å². The van der Waals surface area contributed by atoms with Crippen molar-refractivity contribution in [3.05, 3.63) is 47.9 Å². The second kappa shape index (κ2) is 5.92. The second-order valence-electron chi connectivity index (χ2n) is 3.73. The number of hydrogen-bond acceptors (Lipinski definition) is 5. The van der Waals surface area contributed by atoms with Gasteiger partial charge in [0.05, 0.1) is 12.4 Å². The Morgan fingerprint density at radius 1 is 1.26 bits per heavy atom. The van der Waals surface area contributed by atoms with Crippen LogP contribution in [0, 0.1) is 0 Å². The summed E-state index contributed by atoms with van der Waals surface area (Å²) < 4.78 is 5.50. The van der Waals surface area contributed by atoms with Gasteiger partial charge in [-0.25, -0.2) is 9.78 Å². The molecule has 1 aromatic carbocycles. The molecule has 0 saturated heterocycles. The van der Waals surface area contributed by atoms with Gasteiger partial charge < -0.3 is 14.9 Å². The monoisotopic (exact) mass is 260 g/mol. The van der Waals surface area contributed by atoms with Crippen LogP contribution in [0.25, 0.3) is 0 Å². The number of para-hydroxylation sites is 1. The first-order valence-electron chi connectivity index (χ1n) is 5.62. The van der Waals surface area contributed by atoms with Crippen molar-refractivity contribution in [2.75, 3.05) is 6.61 Å². The number of aliphatic hydroxyl groups is 1. The summed E-state index contributed by atoms with van der Waals surface area (Å²) >= 11 is 0. The maximum atomic E-state index is 10.8. The number of carbonyl (C=O) groups is 1. The average Bonchev–Trinajstić information content (AvgIpc) is 2.41. The summed E-state index contributed by atoms with van der Waals surface area (Å²) in [7, 11) is 0. The highest BCUT2D eigenvalue weighted by Gasteiger charge is 2.09. The van der Waals surface area contributed by atoms with Crippen LogP contribution in [-0.4, -0.2) is 32.8 Å². The van der Waals surface area contributed by atoms with E-state index in [4.69, 9.17) is 14.9 Å². The van der Waals surface area contributed by atoms with Crippen LogP contribution in [0.3, 0.4) is 0 Å². The first-order valence-corrected chi connectivity index (χ1v) is 5.62. The van der Waals surface area contributed by atoms with Gasteiger partial charge in [-0.1, -0.05) is 18.2 Å². The van der Waals surface area contributed by atoms with E-state index in [0.717, 1.165) is 11.8 Å². The van der Waals surface area contributed by atoms with E-state index in [1.807, 2.05) is 12.1 Å². The topological polar surface area (TPSA) is 92.5 Å². The van der Waals surface area contributed by atoms with Crippen LogP contribution < -0.4 is 4.74 Å². The largest absolute Gasteiger partial charge is 0.476 e. The van der Waals surface area contributed by atoms with E-state index >= 15 is 0 Å². The van der Waals surface area contributed by atoms with E-state index in [1.165, 1.54) is 6.20 Å². The van der Waals surface area contributed by atoms with E-state index in [0.29, 0.717) is 12.2 Å². The van der Waals surface area contributed by atoms with Gasteiger partial charge >= 0.3 is 5.97 Å². The fourth-order valence-electron chi connectivity index (χ4n) is 1.54. The predicted octanol–water partition coefficient (Wildman–Crippen LogP) is 1.50. The quantitative estimate of drug-likeness (QED) is 0.846. The van der Waals surface area contributed by atoms with Crippen LogP contribution in [0.5, 0.6) is 11.6 Å². The van der Waals surface area contributed by atoms with Crippen molar-refractivity contribution < 1.29 is 19.7 Å². The smallest absolute Gasteiger partial charge is 0.356 e. The molecule has 6 nitrogen and oxygen atoms in total. The molecule has 0 fully saturated rings. The minimum absolute atomic E-state index is 0.00121. The Balaban J connectivity index is 2.26. The summed E-state index contributed by atoms with van der Waals surface area (Å²) in [6.07, 6.45) is 2.93. The lowest BCUT2D eigenvalue weighted by molar-refractivity contribution is 0.0689. The molecule has 6 heteroatoms. The third-order valence-electron chi connectivity index (χ3n) is 2.40. The Morgan fingerprint density at radius 2 is 2.05 bits per heavy atom. The zero-order chi connectivity index (χ0) is 13.7. The van der Waals surface area contributed by atoms with Gasteiger partial charge in [0.1, 0.15) is 5.75 Å². The first kappa shape index (κ1) is 13.0. The Labute approximate surface area is 109 Å². The lowest BCUT2D eigenvalue weighted by Crippen LogP contribution is -2.03. The highest BCUT2D eigenvalue weighted by atomic mass is 16.5. The zero-order valence-electron chi connectivity index (χ0n) is 9.98. The fraction of sp³-hybridized carbons (Fsp3) is 0.154. The van der Waals surface area contributed by atoms with Crippen molar-refractivity contribution in [2.24, 2.45) is 0 Å². The van der Waals surface area contributed by atoms with Crippen molar-refractivity contribution >= 4 is 5.97 Å². The number of rotatable bonds is 5. The fourth-order valence-corrected chi connectivity index (χ4v) is 1.54. The number of aromatic carboxylic acids is 1. The highest BCUT2D eigenvalue weighted by molar-refractivity contribution is 5.84. The van der Waals surface area contributed by atoms with Gasteiger partial charge in [0.2, 0.25) is 5.88 Å². The maximum absolute atomic E-state index is 10.8. The van der Waals surface area contributed by atoms with E-state index < -0.39 is 5.97 Å². The van der Waals surface area contributed by atoms with Crippen molar-refractivity contribution in [3.8, 4) is 11.6 Å². The van der Waals surface area contributed by atoms with Gasteiger partial charge in [-0.15, -0.1) is 0 Å². The van der Waals surface area contributed by atoms with Gasteiger partial charge in [-0.05, 0) is 18.1 Å². The molecule has 0 spiro atoms. The van der Waals surface area contributed by atoms with Crippen molar-refractivity contribution in [2.45, 2.75) is 6.42 Å². The minimum Gasteiger partial charge on any atom is -0.476 e. The van der Waals surface area contributed by atoms with E-state index in [9.17, 15) is 4.79 Å². The molecule has 0 unspecified atom stereocenters. The molecule has 0 aliphatic carbocycles. The van der Waals surface area contributed by atoms with Crippen molar-refractivity contribution in [1.29, 1.82) is 0 Å². The molecule has 1 heterocycles. The Bertz CT molecular complexity index is 586. The molecular formula is C13H12N2O4. The summed E-state index contributed by atoms with van der Waals surface area (Å²) in [4.78, 5) is 18.4. The average molecular weight is 260 g/mol. The van der Waals surface area contributed by atoms with Crippen LogP contribution in [0.1, 0.15) is 16.1 Å². The minimum atomic E-state index is -1.17. The maximum Gasteiger partial charge on any atom is 0.356 e. The molecule has 98 valence electrons. The Hall–Kier alpha value is -2.47. The summed E-state index contributed by atoms with van der Waals surface area (Å²) in [6.45, 7) is 0.00121. The third kappa shape index (κ3) is 3.26. The van der Waals surface area contributed by atoms with Gasteiger partial charge in [0.25, 0.3) is 0 Å². The Kier molecular flexibility index (Phi) is 4.04. The molecule has 0 radical (unpaired) electrons. The van der Waals surface area contributed by atoms with E-state index in [2.05, 4.69) is 9.97 Å². The van der Waals surface area contributed by atoms with Crippen LogP contribution in [0.15, 0.2) is 36.7 Å². The summed E-state index contributed by atoms with van der Waals surface area (Å²) in [6, 6.07) is 7.15. The number of benzene rings is 1. The molecule has 1 aromatic heterocycles. The summed E-state index contributed by atoms with van der Waals surface area (Å²) in [5.41, 5.74) is 0.629. The summed E-state index contributed by atoms with van der Waals surface area (Å²) in [5.74, 6) is -0.541. The number of hydrogen-bond donors (Lipinski definition) is 2. The molecule has 0 aliphatic rings. The standard InChI is InChI=1S/C13H12N2O4/c16-6-5-9-3-1-2-4-11(9)19-12-8-14-7-10(15-12)13(17)18/h1-4,7-8,16H,5-6H2,(H,17,18). The van der Waals surface area contributed by atoms with Crippen LogP contribution >= 0.6 is 0 Å². The van der Waals surface area contributed by atoms with Gasteiger partial charge in [-0.3, -0.25) is 4.98 Å². The lowest BCUT2D eigenvalue weighted by atomic mass is 10.1. The molecule has 0 bridgehead atoms. The normalized spacial score (nSPS) is 10.2. The molecule has 0 saturated carbocycles. The van der Waals surface area contributed by atoms with Crippen LogP contribution in [-0.2, 0) is 6.42 Å².